The van der Waals surface area contributed by atoms with Gasteiger partial charge >= 0.3 is 0 Å². The van der Waals surface area contributed by atoms with Gasteiger partial charge in [0.05, 0.1) is 35.9 Å². The third kappa shape index (κ3) is 4.87. The van der Waals surface area contributed by atoms with Gasteiger partial charge in [-0.15, -0.1) is 0 Å². The lowest BCUT2D eigenvalue weighted by Gasteiger charge is -2.15. The molecule has 1 saturated carbocycles. The number of ether oxygens (including phenoxy) is 2. The Kier molecular flexibility index (Phi) is 6.43. The molecule has 1 aliphatic carbocycles. The van der Waals surface area contributed by atoms with Crippen molar-refractivity contribution in [3.63, 3.8) is 0 Å². The van der Waals surface area contributed by atoms with Gasteiger partial charge in [-0.1, -0.05) is 36.6 Å². The van der Waals surface area contributed by atoms with E-state index in [9.17, 15) is 9.59 Å². The zero-order valence-electron chi connectivity index (χ0n) is 16.7. The summed E-state index contributed by atoms with van der Waals surface area (Å²) in [6.07, 6.45) is 5.18. The third-order valence-corrected chi connectivity index (χ3v) is 5.64. The van der Waals surface area contributed by atoms with E-state index < -0.39 is 0 Å². The van der Waals surface area contributed by atoms with Crippen molar-refractivity contribution in [2.24, 2.45) is 0 Å². The van der Waals surface area contributed by atoms with Crippen LogP contribution in [0.1, 0.15) is 48.0 Å². The summed E-state index contributed by atoms with van der Waals surface area (Å²) in [7, 11) is 0. The molecule has 0 unspecified atom stereocenters. The monoisotopic (exact) mass is 428 g/mol. The number of fused-ring (bicyclic) bond motifs is 1. The minimum atomic E-state index is -0.235. The first-order chi connectivity index (χ1) is 14.6. The fourth-order valence-corrected chi connectivity index (χ4v) is 4.18. The van der Waals surface area contributed by atoms with Gasteiger partial charge in [-0.2, -0.15) is 0 Å². The maximum Gasteiger partial charge on any atom is 0.253 e. The van der Waals surface area contributed by atoms with Gasteiger partial charge in [-0.3, -0.25) is 9.59 Å². The number of amides is 2. The first-order valence-electron chi connectivity index (χ1n) is 10.4. The highest BCUT2D eigenvalue weighted by molar-refractivity contribution is 6.32. The lowest BCUT2D eigenvalue weighted by Crippen LogP contribution is -2.33. The van der Waals surface area contributed by atoms with Crippen LogP contribution in [0.3, 0.4) is 0 Å². The number of hydrogen-bond acceptors (Lipinski definition) is 4. The maximum atomic E-state index is 12.7. The van der Waals surface area contributed by atoms with Crippen LogP contribution in [0.4, 0.5) is 5.69 Å². The quantitative estimate of drug-likeness (QED) is 0.742. The molecule has 4 rings (SSSR count). The molecule has 2 aliphatic rings. The second kappa shape index (κ2) is 9.39. The van der Waals surface area contributed by atoms with Crippen LogP contribution in [0.15, 0.2) is 36.4 Å². The minimum Gasteiger partial charge on any atom is -0.489 e. The highest BCUT2D eigenvalue weighted by Gasteiger charge is 2.21. The van der Waals surface area contributed by atoms with Gasteiger partial charge in [-0.05, 0) is 42.7 Å². The average molecular weight is 429 g/mol. The van der Waals surface area contributed by atoms with E-state index in [4.69, 9.17) is 21.1 Å². The Balaban J connectivity index is 1.45. The summed E-state index contributed by atoms with van der Waals surface area (Å²) < 4.78 is 11.3. The van der Waals surface area contributed by atoms with E-state index in [1.54, 1.807) is 36.4 Å². The molecule has 158 valence electrons. The zero-order valence-corrected chi connectivity index (χ0v) is 17.5. The summed E-state index contributed by atoms with van der Waals surface area (Å²) in [6.45, 7) is 1.09. The fraction of sp³-hybridized carbons (Fsp3) is 0.391. The average Bonchev–Trinajstić information content (AvgIpc) is 3.11. The van der Waals surface area contributed by atoms with Crippen LogP contribution >= 0.6 is 11.6 Å². The molecule has 30 heavy (non-hydrogen) atoms. The van der Waals surface area contributed by atoms with E-state index in [-0.39, 0.29) is 24.3 Å². The molecule has 2 amide bonds. The smallest absolute Gasteiger partial charge is 0.253 e. The normalized spacial score (nSPS) is 16.0. The van der Waals surface area contributed by atoms with Gasteiger partial charge in [0, 0.05) is 12.5 Å². The van der Waals surface area contributed by atoms with Crippen molar-refractivity contribution in [1.29, 1.82) is 0 Å². The van der Waals surface area contributed by atoms with Crippen molar-refractivity contribution in [3.05, 3.63) is 52.5 Å². The van der Waals surface area contributed by atoms with Crippen molar-refractivity contribution in [2.45, 2.75) is 44.6 Å². The molecule has 0 spiro atoms. The van der Waals surface area contributed by atoms with E-state index in [0.717, 1.165) is 37.7 Å². The van der Waals surface area contributed by atoms with Crippen LogP contribution < -0.4 is 20.1 Å². The standard InChI is InChI=1S/C23H25ClN2O4/c24-18-12-15(13-20-22(18)30-11-5-10-29-20)14-21(27)26-19-9-4-3-8-17(19)23(28)25-16-6-1-2-7-16/h3-4,8-9,12-13,16H,1-2,5-7,10-11,14H2,(H,25,28)(H,26,27). The lowest BCUT2D eigenvalue weighted by molar-refractivity contribution is -0.115. The topological polar surface area (TPSA) is 76.7 Å². The predicted octanol–water partition coefficient (Wildman–Crippen LogP) is 4.35. The van der Waals surface area contributed by atoms with Crippen LogP contribution in [-0.2, 0) is 11.2 Å². The number of halogens is 1. The molecule has 0 bridgehead atoms. The Morgan fingerprint density at radius 1 is 1.03 bits per heavy atom. The summed E-state index contributed by atoms with van der Waals surface area (Å²) in [6, 6.07) is 10.8. The van der Waals surface area contributed by atoms with Gasteiger partial charge in [0.25, 0.3) is 5.91 Å². The van der Waals surface area contributed by atoms with Crippen molar-refractivity contribution in [2.75, 3.05) is 18.5 Å². The van der Waals surface area contributed by atoms with Crippen molar-refractivity contribution in [1.82, 2.24) is 5.32 Å². The number of rotatable bonds is 5. The second-order valence-corrected chi connectivity index (χ2v) is 8.09. The number of carbonyl (C=O) groups excluding carboxylic acids is 2. The Morgan fingerprint density at radius 3 is 2.63 bits per heavy atom. The molecule has 7 heteroatoms. The molecule has 0 atom stereocenters. The highest BCUT2D eigenvalue weighted by Crippen LogP contribution is 2.38. The minimum absolute atomic E-state index is 0.106. The molecule has 0 radical (unpaired) electrons. The predicted molar refractivity (Wildman–Crippen MR) is 116 cm³/mol. The van der Waals surface area contributed by atoms with Crippen molar-refractivity contribution >= 4 is 29.1 Å². The first-order valence-corrected chi connectivity index (χ1v) is 10.8. The Labute approximate surface area is 180 Å². The first kappa shape index (κ1) is 20.5. The molecule has 0 aromatic heterocycles. The third-order valence-electron chi connectivity index (χ3n) is 5.36. The molecule has 6 nitrogen and oxygen atoms in total. The Bertz CT molecular complexity index is 941. The summed E-state index contributed by atoms with van der Waals surface area (Å²) in [5.74, 6) is 0.685. The van der Waals surface area contributed by atoms with Gasteiger partial charge in [-0.25, -0.2) is 0 Å². The number of para-hydroxylation sites is 1. The number of anilines is 1. The van der Waals surface area contributed by atoms with Crippen LogP contribution in [0.2, 0.25) is 5.02 Å². The van der Waals surface area contributed by atoms with Gasteiger partial charge in [0.1, 0.15) is 0 Å². The van der Waals surface area contributed by atoms with Gasteiger partial charge in [0.15, 0.2) is 11.5 Å². The van der Waals surface area contributed by atoms with Gasteiger partial charge < -0.3 is 20.1 Å². The number of benzene rings is 2. The molecule has 0 saturated heterocycles. The van der Waals surface area contributed by atoms with E-state index in [0.29, 0.717) is 41.0 Å². The highest BCUT2D eigenvalue weighted by atomic mass is 35.5. The van der Waals surface area contributed by atoms with Gasteiger partial charge in [0.2, 0.25) is 5.91 Å². The summed E-state index contributed by atoms with van der Waals surface area (Å²) in [5, 5.41) is 6.35. The summed E-state index contributed by atoms with van der Waals surface area (Å²) in [4.78, 5) is 25.4. The molecule has 1 fully saturated rings. The van der Waals surface area contributed by atoms with Crippen LogP contribution in [0.5, 0.6) is 11.5 Å². The number of nitrogens with one attached hydrogen (secondary N) is 2. The van der Waals surface area contributed by atoms with Crippen LogP contribution in [0.25, 0.3) is 0 Å². The molecule has 1 heterocycles. The second-order valence-electron chi connectivity index (χ2n) is 7.68. The summed E-state index contributed by atoms with van der Waals surface area (Å²) in [5.41, 5.74) is 1.68. The summed E-state index contributed by atoms with van der Waals surface area (Å²) >= 11 is 6.32. The van der Waals surface area contributed by atoms with E-state index in [1.807, 2.05) is 0 Å². The molecule has 1 aliphatic heterocycles. The molecular weight excluding hydrogens is 404 g/mol. The van der Waals surface area contributed by atoms with E-state index >= 15 is 0 Å². The van der Waals surface area contributed by atoms with Crippen molar-refractivity contribution in [3.8, 4) is 11.5 Å². The maximum absolute atomic E-state index is 12.7. The number of carbonyl (C=O) groups is 2. The molecular formula is C23H25ClN2O4. The largest absolute Gasteiger partial charge is 0.489 e. The number of hydrogen-bond donors (Lipinski definition) is 2. The molecule has 2 aromatic carbocycles. The van der Waals surface area contributed by atoms with E-state index in [2.05, 4.69) is 10.6 Å². The lowest BCUT2D eigenvalue weighted by atomic mass is 10.1. The van der Waals surface area contributed by atoms with Crippen LogP contribution in [-0.4, -0.2) is 31.1 Å². The fourth-order valence-electron chi connectivity index (χ4n) is 3.89. The van der Waals surface area contributed by atoms with Crippen molar-refractivity contribution < 1.29 is 19.1 Å². The molecule has 2 aromatic rings. The molecule has 2 N–H and O–H groups in total. The zero-order chi connectivity index (χ0) is 20.9. The van der Waals surface area contributed by atoms with Crippen LogP contribution in [0, 0.1) is 0 Å². The Hall–Kier alpha value is -2.73. The Morgan fingerprint density at radius 2 is 1.80 bits per heavy atom. The van der Waals surface area contributed by atoms with E-state index in [1.165, 1.54) is 0 Å². The SMILES string of the molecule is O=C(Cc1cc(Cl)c2c(c1)OCCCO2)Nc1ccccc1C(=O)NC1CCCC1.